The molecule has 5 N–H and O–H groups in total. The van der Waals surface area contributed by atoms with Gasteiger partial charge < -0.3 is 30.0 Å². The number of ether oxygens (including phenoxy) is 1. The molecule has 108 valence electrons. The summed E-state index contributed by atoms with van der Waals surface area (Å²) in [5.74, 6) is 0. The van der Waals surface area contributed by atoms with Gasteiger partial charge in [-0.2, -0.15) is 0 Å². The summed E-state index contributed by atoms with van der Waals surface area (Å²) in [5, 5.41) is 28.9. The Bertz CT molecular complexity index is 752. The normalized spacial score (nSPS) is 30.1. The van der Waals surface area contributed by atoms with E-state index < -0.39 is 36.7 Å². The number of fused-ring (bicyclic) bond motifs is 1. The third kappa shape index (κ3) is 1.81. The topological polar surface area (TPSA) is 136 Å². The SMILES string of the molecule is O=c1[nH]cnc2c1[nH]c(=S)n2[C@H]1O[C@@H](CO)[C@@H](O)[C@H]1O. The molecular formula is C10H12N4O5S. The van der Waals surface area contributed by atoms with Crippen LogP contribution < -0.4 is 5.56 Å². The number of aliphatic hydroxyl groups is 3. The zero-order valence-corrected chi connectivity index (χ0v) is 10.9. The van der Waals surface area contributed by atoms with Crippen LogP contribution in [0.4, 0.5) is 0 Å². The predicted molar refractivity (Wildman–Crippen MR) is 68.5 cm³/mol. The van der Waals surface area contributed by atoms with Crippen molar-refractivity contribution in [3.8, 4) is 0 Å². The van der Waals surface area contributed by atoms with Crippen molar-refractivity contribution in [3.05, 3.63) is 21.5 Å². The second kappa shape index (κ2) is 4.75. The van der Waals surface area contributed by atoms with Crippen molar-refractivity contribution < 1.29 is 20.1 Å². The first kappa shape index (κ1) is 13.4. The van der Waals surface area contributed by atoms with Crippen LogP contribution in [0.2, 0.25) is 0 Å². The van der Waals surface area contributed by atoms with Crippen molar-refractivity contribution in [1.29, 1.82) is 0 Å². The first-order valence-electron chi connectivity index (χ1n) is 5.85. The van der Waals surface area contributed by atoms with E-state index in [-0.39, 0.29) is 15.9 Å². The second-order valence-corrected chi connectivity index (χ2v) is 4.85. The van der Waals surface area contributed by atoms with Gasteiger partial charge in [-0.15, -0.1) is 0 Å². The molecule has 1 saturated heterocycles. The molecule has 1 fully saturated rings. The van der Waals surface area contributed by atoms with Gasteiger partial charge in [-0.05, 0) is 12.2 Å². The monoisotopic (exact) mass is 300 g/mol. The summed E-state index contributed by atoms with van der Waals surface area (Å²) in [7, 11) is 0. The standard InChI is InChI=1S/C10H12N4O5S/c15-1-3-5(16)6(17)9(19-3)14-7-4(13-10(14)20)8(18)12-2-11-7/h2-3,5-6,9,15-17H,1H2,(H,13,20)(H,11,12,18)/t3-,5+,6+,9-/m0/s1. The largest absolute Gasteiger partial charge is 0.394 e. The van der Waals surface area contributed by atoms with Crippen molar-refractivity contribution in [3.63, 3.8) is 0 Å². The number of imidazole rings is 1. The molecule has 20 heavy (non-hydrogen) atoms. The quantitative estimate of drug-likeness (QED) is 0.421. The van der Waals surface area contributed by atoms with Crippen LogP contribution in [0.3, 0.4) is 0 Å². The smallest absolute Gasteiger partial charge is 0.276 e. The number of hydrogen-bond donors (Lipinski definition) is 5. The average molecular weight is 300 g/mol. The van der Waals surface area contributed by atoms with Gasteiger partial charge in [-0.25, -0.2) is 4.98 Å². The van der Waals surface area contributed by atoms with Gasteiger partial charge in [0.15, 0.2) is 22.2 Å². The van der Waals surface area contributed by atoms with Gasteiger partial charge in [0.2, 0.25) is 0 Å². The molecule has 10 heteroatoms. The lowest BCUT2D eigenvalue weighted by Crippen LogP contribution is -2.33. The molecule has 0 saturated carbocycles. The zero-order chi connectivity index (χ0) is 14.4. The number of hydrogen-bond acceptors (Lipinski definition) is 7. The van der Waals surface area contributed by atoms with Crippen LogP contribution in [0.15, 0.2) is 11.1 Å². The van der Waals surface area contributed by atoms with Gasteiger partial charge in [0.1, 0.15) is 18.3 Å². The molecule has 1 aliphatic heterocycles. The van der Waals surface area contributed by atoms with E-state index in [0.717, 1.165) is 0 Å². The molecule has 3 heterocycles. The number of aliphatic hydroxyl groups excluding tert-OH is 3. The molecule has 0 aliphatic carbocycles. The molecule has 0 unspecified atom stereocenters. The highest BCUT2D eigenvalue weighted by molar-refractivity contribution is 7.71. The Labute approximate surface area is 116 Å². The number of H-pyrrole nitrogens is 2. The maximum Gasteiger partial charge on any atom is 0.276 e. The van der Waals surface area contributed by atoms with Gasteiger partial charge >= 0.3 is 0 Å². The van der Waals surface area contributed by atoms with Crippen LogP contribution in [0, 0.1) is 4.77 Å². The predicted octanol–water partition coefficient (Wildman–Crippen LogP) is -1.61. The van der Waals surface area contributed by atoms with Crippen LogP contribution >= 0.6 is 12.2 Å². The molecule has 0 bridgehead atoms. The fraction of sp³-hybridized carbons (Fsp3) is 0.500. The van der Waals surface area contributed by atoms with Crippen molar-refractivity contribution >= 4 is 23.4 Å². The molecule has 2 aromatic rings. The highest BCUT2D eigenvalue weighted by Gasteiger charge is 2.44. The van der Waals surface area contributed by atoms with Crippen molar-refractivity contribution in [2.45, 2.75) is 24.5 Å². The Hall–Kier alpha value is -1.59. The van der Waals surface area contributed by atoms with Crippen LogP contribution in [0.5, 0.6) is 0 Å². The number of nitrogens with zero attached hydrogens (tertiary/aromatic N) is 2. The summed E-state index contributed by atoms with van der Waals surface area (Å²) >= 11 is 5.10. The van der Waals surface area contributed by atoms with E-state index in [1.54, 1.807) is 0 Å². The van der Waals surface area contributed by atoms with Gasteiger partial charge in [0.05, 0.1) is 12.9 Å². The highest BCUT2D eigenvalue weighted by atomic mass is 32.1. The Morgan fingerprint density at radius 1 is 1.45 bits per heavy atom. The second-order valence-electron chi connectivity index (χ2n) is 4.46. The number of aromatic nitrogens is 4. The summed E-state index contributed by atoms with van der Waals surface area (Å²) in [5.41, 5.74) is -0.0598. The molecule has 4 atom stereocenters. The van der Waals surface area contributed by atoms with Gasteiger partial charge in [0, 0.05) is 0 Å². The minimum atomic E-state index is -1.29. The zero-order valence-electron chi connectivity index (χ0n) is 10.1. The summed E-state index contributed by atoms with van der Waals surface area (Å²) < 4.78 is 6.82. The van der Waals surface area contributed by atoms with Crippen molar-refractivity contribution in [1.82, 2.24) is 19.5 Å². The average Bonchev–Trinajstić information content (AvgIpc) is 2.90. The van der Waals surface area contributed by atoms with Gasteiger partial charge in [0.25, 0.3) is 5.56 Å². The van der Waals surface area contributed by atoms with Crippen molar-refractivity contribution in [2.24, 2.45) is 0 Å². The lowest BCUT2D eigenvalue weighted by molar-refractivity contribution is -0.0517. The Kier molecular flexibility index (Phi) is 3.18. The third-order valence-electron chi connectivity index (χ3n) is 3.28. The molecule has 2 aromatic heterocycles. The molecule has 0 radical (unpaired) electrons. The number of nitrogens with one attached hydrogen (secondary N) is 2. The molecule has 3 rings (SSSR count). The van der Waals surface area contributed by atoms with Crippen molar-refractivity contribution in [2.75, 3.05) is 6.61 Å². The molecular weight excluding hydrogens is 288 g/mol. The van der Waals surface area contributed by atoms with Crippen LogP contribution in [0.1, 0.15) is 6.23 Å². The van der Waals surface area contributed by atoms with Crippen LogP contribution in [-0.2, 0) is 4.74 Å². The Balaban J connectivity index is 2.16. The molecule has 9 nitrogen and oxygen atoms in total. The molecule has 1 aliphatic rings. The lowest BCUT2D eigenvalue weighted by Gasteiger charge is -2.16. The fourth-order valence-electron chi connectivity index (χ4n) is 2.28. The summed E-state index contributed by atoms with van der Waals surface area (Å²) in [6, 6.07) is 0. The molecule has 0 spiro atoms. The summed E-state index contributed by atoms with van der Waals surface area (Å²) in [6.07, 6.45) is -3.30. The van der Waals surface area contributed by atoms with E-state index in [1.807, 2.05) is 0 Å². The first-order valence-corrected chi connectivity index (χ1v) is 6.25. The van der Waals surface area contributed by atoms with E-state index in [0.29, 0.717) is 0 Å². The van der Waals surface area contributed by atoms with E-state index in [9.17, 15) is 15.0 Å². The van der Waals surface area contributed by atoms with E-state index in [2.05, 4.69) is 15.0 Å². The van der Waals surface area contributed by atoms with E-state index >= 15 is 0 Å². The number of rotatable bonds is 2. The molecule has 0 amide bonds. The van der Waals surface area contributed by atoms with Gasteiger partial charge in [-0.3, -0.25) is 9.36 Å². The third-order valence-corrected chi connectivity index (χ3v) is 3.58. The summed E-state index contributed by atoms with van der Waals surface area (Å²) in [4.78, 5) is 20.7. The van der Waals surface area contributed by atoms with Gasteiger partial charge in [-0.1, -0.05) is 0 Å². The highest BCUT2D eigenvalue weighted by Crippen LogP contribution is 2.31. The number of aromatic amines is 2. The Morgan fingerprint density at radius 2 is 2.20 bits per heavy atom. The maximum atomic E-state index is 11.6. The van der Waals surface area contributed by atoms with Crippen LogP contribution in [0.25, 0.3) is 11.2 Å². The maximum absolute atomic E-state index is 11.6. The van der Waals surface area contributed by atoms with E-state index in [4.69, 9.17) is 22.1 Å². The minimum Gasteiger partial charge on any atom is -0.394 e. The summed E-state index contributed by atoms with van der Waals surface area (Å²) in [6.45, 7) is -0.446. The fourth-order valence-corrected chi connectivity index (χ4v) is 2.57. The van der Waals surface area contributed by atoms with Crippen LogP contribution in [-0.4, -0.2) is 59.8 Å². The lowest BCUT2D eigenvalue weighted by atomic mass is 10.1. The van der Waals surface area contributed by atoms with E-state index in [1.165, 1.54) is 10.9 Å². The molecule has 0 aromatic carbocycles. The Morgan fingerprint density at radius 3 is 2.85 bits per heavy atom. The first-order chi connectivity index (χ1) is 9.54. The minimum absolute atomic E-state index is 0.124.